The van der Waals surface area contributed by atoms with Gasteiger partial charge in [0, 0.05) is 55.2 Å². The molecule has 0 saturated carbocycles. The fourth-order valence-corrected chi connectivity index (χ4v) is 5.49. The number of rotatable bonds is 9. The van der Waals surface area contributed by atoms with Crippen molar-refractivity contribution in [2.75, 3.05) is 43.6 Å². The molecule has 0 spiro atoms. The van der Waals surface area contributed by atoms with Gasteiger partial charge in [0.1, 0.15) is 0 Å². The van der Waals surface area contributed by atoms with E-state index >= 15 is 0 Å². The number of hydrogen-bond acceptors (Lipinski definition) is 6. The summed E-state index contributed by atoms with van der Waals surface area (Å²) in [6, 6.07) is 11.1. The van der Waals surface area contributed by atoms with Crippen molar-refractivity contribution < 1.29 is 8.42 Å². The molecule has 0 bridgehead atoms. The lowest BCUT2D eigenvalue weighted by Gasteiger charge is -2.17. The Morgan fingerprint density at radius 2 is 1.71 bits per heavy atom. The third-order valence-corrected chi connectivity index (χ3v) is 7.35. The Kier molecular flexibility index (Phi) is 7.24. The molecule has 0 aliphatic heterocycles. The highest BCUT2D eigenvalue weighted by Crippen LogP contribution is 2.30. The normalized spacial score (nSPS) is 11.8. The molecule has 0 aliphatic rings. The van der Waals surface area contributed by atoms with E-state index in [0.717, 1.165) is 22.2 Å². The molecule has 0 saturated heterocycles. The molecule has 0 fully saturated rings. The summed E-state index contributed by atoms with van der Waals surface area (Å²) in [5.74, 6) is 1.58. The molecule has 24 heavy (non-hydrogen) atoms. The summed E-state index contributed by atoms with van der Waals surface area (Å²) >= 11 is 0. The molecule has 3 N–H and O–H groups in total. The van der Waals surface area contributed by atoms with Crippen LogP contribution in [0.15, 0.2) is 41.3 Å². The number of benzene rings is 2. The van der Waals surface area contributed by atoms with Gasteiger partial charge in [-0.05, 0) is 12.1 Å². The highest BCUT2D eigenvalue weighted by atomic mass is 33.1. The Balaban J connectivity index is 2.20. The standard InChI is InChI=1S/C16H23N3O2S3/c1-19(2)15-7-3-6-14-13(15)5-4-8-16(14)24(20,21)18-10-12-23-22-11-9-17/h3-8,18H,9-12,17H2,1-2H3. The Labute approximate surface area is 151 Å². The first-order chi connectivity index (χ1) is 11.5. The number of nitrogens with one attached hydrogen (secondary N) is 1. The molecule has 0 aliphatic carbocycles. The van der Waals surface area contributed by atoms with E-state index in [0.29, 0.717) is 23.7 Å². The minimum absolute atomic E-state index is 0.323. The second-order valence-electron chi connectivity index (χ2n) is 5.35. The average Bonchev–Trinajstić information content (AvgIpc) is 2.56. The van der Waals surface area contributed by atoms with Crippen LogP contribution in [0.1, 0.15) is 0 Å². The van der Waals surface area contributed by atoms with Crippen molar-refractivity contribution in [3.63, 3.8) is 0 Å². The summed E-state index contributed by atoms with van der Waals surface area (Å²) in [6.07, 6.45) is 0. The molecule has 5 nitrogen and oxygen atoms in total. The summed E-state index contributed by atoms with van der Waals surface area (Å²) in [7, 11) is 3.65. The lowest BCUT2D eigenvalue weighted by molar-refractivity contribution is 0.585. The van der Waals surface area contributed by atoms with Crippen molar-refractivity contribution in [3.05, 3.63) is 36.4 Å². The van der Waals surface area contributed by atoms with Crippen LogP contribution in [0.2, 0.25) is 0 Å². The number of sulfonamides is 1. The van der Waals surface area contributed by atoms with E-state index in [9.17, 15) is 8.42 Å². The minimum Gasteiger partial charge on any atom is -0.377 e. The highest BCUT2D eigenvalue weighted by molar-refractivity contribution is 8.76. The second kappa shape index (κ2) is 8.96. The first kappa shape index (κ1) is 19.4. The van der Waals surface area contributed by atoms with E-state index in [-0.39, 0.29) is 0 Å². The number of nitrogens with two attached hydrogens (primary N) is 1. The van der Waals surface area contributed by atoms with Crippen LogP contribution >= 0.6 is 21.6 Å². The molecule has 8 heteroatoms. The molecule has 0 amide bonds. The average molecular weight is 386 g/mol. The lowest BCUT2D eigenvalue weighted by atomic mass is 10.1. The van der Waals surface area contributed by atoms with Crippen molar-refractivity contribution in [1.29, 1.82) is 0 Å². The molecule has 2 aromatic rings. The van der Waals surface area contributed by atoms with Crippen molar-refractivity contribution in [1.82, 2.24) is 4.72 Å². The Morgan fingerprint density at radius 3 is 2.42 bits per heavy atom. The number of anilines is 1. The van der Waals surface area contributed by atoms with Crippen molar-refractivity contribution in [2.45, 2.75) is 4.90 Å². The maximum atomic E-state index is 12.7. The van der Waals surface area contributed by atoms with Gasteiger partial charge < -0.3 is 10.6 Å². The lowest BCUT2D eigenvalue weighted by Crippen LogP contribution is -2.26. The zero-order valence-corrected chi connectivity index (χ0v) is 16.3. The van der Waals surface area contributed by atoms with Crippen LogP contribution in [0.25, 0.3) is 10.8 Å². The van der Waals surface area contributed by atoms with E-state index in [1.165, 1.54) is 0 Å². The molecule has 2 rings (SSSR count). The SMILES string of the molecule is CN(C)c1cccc2c(S(=O)(=O)NCCSSCCN)cccc12. The minimum atomic E-state index is -3.54. The maximum Gasteiger partial charge on any atom is 0.241 e. The predicted molar refractivity (Wildman–Crippen MR) is 107 cm³/mol. The quantitative estimate of drug-likeness (QED) is 0.510. The first-order valence-corrected chi connectivity index (χ1v) is 11.6. The largest absolute Gasteiger partial charge is 0.377 e. The number of hydrogen-bond donors (Lipinski definition) is 2. The summed E-state index contributed by atoms with van der Waals surface area (Å²) < 4.78 is 28.0. The van der Waals surface area contributed by atoms with Gasteiger partial charge in [-0.25, -0.2) is 13.1 Å². The van der Waals surface area contributed by atoms with Crippen LogP contribution in [-0.2, 0) is 10.0 Å². The highest BCUT2D eigenvalue weighted by Gasteiger charge is 2.17. The van der Waals surface area contributed by atoms with E-state index in [1.54, 1.807) is 33.7 Å². The predicted octanol–water partition coefficient (Wildman–Crippen LogP) is 2.52. The van der Waals surface area contributed by atoms with Crippen LogP contribution in [-0.4, -0.2) is 47.1 Å². The zero-order valence-electron chi connectivity index (χ0n) is 13.9. The van der Waals surface area contributed by atoms with Gasteiger partial charge in [-0.15, -0.1) is 0 Å². The summed E-state index contributed by atoms with van der Waals surface area (Å²) in [5, 5.41) is 1.67. The van der Waals surface area contributed by atoms with Gasteiger partial charge in [-0.2, -0.15) is 0 Å². The Bertz CT molecular complexity index is 779. The van der Waals surface area contributed by atoms with E-state index in [4.69, 9.17) is 5.73 Å². The van der Waals surface area contributed by atoms with Gasteiger partial charge >= 0.3 is 0 Å². The third kappa shape index (κ3) is 4.80. The molecule has 2 aromatic carbocycles. The monoisotopic (exact) mass is 385 g/mol. The summed E-state index contributed by atoms with van der Waals surface area (Å²) in [5.41, 5.74) is 6.42. The summed E-state index contributed by atoms with van der Waals surface area (Å²) in [4.78, 5) is 2.31. The van der Waals surface area contributed by atoms with Gasteiger partial charge in [0.2, 0.25) is 10.0 Å². The zero-order chi connectivity index (χ0) is 17.6. The van der Waals surface area contributed by atoms with Crippen molar-refractivity contribution >= 4 is 48.1 Å². The number of fused-ring (bicyclic) bond motifs is 1. The fourth-order valence-electron chi connectivity index (χ4n) is 2.35. The van der Waals surface area contributed by atoms with E-state index in [1.807, 2.05) is 43.3 Å². The maximum absolute atomic E-state index is 12.7. The van der Waals surface area contributed by atoms with Crippen molar-refractivity contribution in [3.8, 4) is 0 Å². The topological polar surface area (TPSA) is 75.4 Å². The third-order valence-electron chi connectivity index (χ3n) is 3.39. The smallest absolute Gasteiger partial charge is 0.241 e. The molecule has 0 radical (unpaired) electrons. The molecular formula is C16H23N3O2S3. The second-order valence-corrected chi connectivity index (χ2v) is 9.79. The van der Waals surface area contributed by atoms with Gasteiger partial charge in [-0.3, -0.25) is 0 Å². The summed E-state index contributed by atoms with van der Waals surface area (Å²) in [6.45, 7) is 1.03. The van der Waals surface area contributed by atoms with Gasteiger partial charge in [0.05, 0.1) is 4.90 Å². The van der Waals surface area contributed by atoms with Gasteiger partial charge in [-0.1, -0.05) is 45.9 Å². The van der Waals surface area contributed by atoms with E-state index < -0.39 is 10.0 Å². The van der Waals surface area contributed by atoms with Crippen molar-refractivity contribution in [2.24, 2.45) is 5.73 Å². The van der Waals surface area contributed by atoms with Gasteiger partial charge in [0.15, 0.2) is 0 Å². The molecule has 0 atom stereocenters. The molecular weight excluding hydrogens is 362 g/mol. The fraction of sp³-hybridized carbons (Fsp3) is 0.375. The van der Waals surface area contributed by atoms with Crippen LogP contribution in [0.4, 0.5) is 5.69 Å². The van der Waals surface area contributed by atoms with Crippen LogP contribution in [0.3, 0.4) is 0 Å². The van der Waals surface area contributed by atoms with E-state index in [2.05, 4.69) is 4.72 Å². The first-order valence-electron chi connectivity index (χ1n) is 7.60. The van der Waals surface area contributed by atoms with Crippen LogP contribution < -0.4 is 15.4 Å². The van der Waals surface area contributed by atoms with Crippen LogP contribution in [0.5, 0.6) is 0 Å². The molecule has 0 unspecified atom stereocenters. The molecule has 0 aromatic heterocycles. The Hall–Kier alpha value is -0.930. The van der Waals surface area contributed by atoms with Gasteiger partial charge in [0.25, 0.3) is 0 Å². The molecule has 0 heterocycles. The Morgan fingerprint density at radius 1 is 1.04 bits per heavy atom. The number of nitrogens with zero attached hydrogens (tertiary/aromatic N) is 1. The molecule has 132 valence electrons. The van der Waals surface area contributed by atoms with Crippen LogP contribution in [0, 0.1) is 0 Å².